The van der Waals surface area contributed by atoms with Gasteiger partial charge in [0.15, 0.2) is 5.76 Å². The summed E-state index contributed by atoms with van der Waals surface area (Å²) in [5.74, 6) is -0.239. The summed E-state index contributed by atoms with van der Waals surface area (Å²) in [6.45, 7) is 1.25. The molecule has 0 atom stereocenters. The van der Waals surface area contributed by atoms with Crippen molar-refractivity contribution in [1.82, 2.24) is 10.2 Å². The van der Waals surface area contributed by atoms with Gasteiger partial charge in [-0.05, 0) is 31.4 Å². The lowest BCUT2D eigenvalue weighted by atomic mass is 9.98. The molecule has 1 aliphatic rings. The molecule has 128 valence electrons. The van der Waals surface area contributed by atoms with Crippen LogP contribution in [0.15, 0.2) is 22.8 Å². The van der Waals surface area contributed by atoms with E-state index in [0.717, 1.165) is 19.3 Å². The van der Waals surface area contributed by atoms with E-state index in [2.05, 4.69) is 5.32 Å². The first-order valence-corrected chi connectivity index (χ1v) is 8.34. The van der Waals surface area contributed by atoms with E-state index < -0.39 is 0 Å². The van der Waals surface area contributed by atoms with Crippen LogP contribution in [0.2, 0.25) is 0 Å². The molecule has 1 aromatic rings. The summed E-state index contributed by atoms with van der Waals surface area (Å²) in [6.07, 6.45) is 8.79. The number of hydrogen-bond acceptors (Lipinski definition) is 4. The van der Waals surface area contributed by atoms with Crippen molar-refractivity contribution in [3.05, 3.63) is 24.2 Å². The van der Waals surface area contributed by atoms with E-state index >= 15 is 0 Å². The maximum absolute atomic E-state index is 11.9. The molecule has 0 unspecified atom stereocenters. The van der Waals surface area contributed by atoms with Gasteiger partial charge >= 0.3 is 0 Å². The lowest BCUT2D eigenvalue weighted by Crippen LogP contribution is -2.38. The quantitative estimate of drug-likeness (QED) is 0.745. The van der Waals surface area contributed by atoms with Crippen LogP contribution in [-0.2, 0) is 9.53 Å². The minimum absolute atomic E-state index is 0.0169. The van der Waals surface area contributed by atoms with Crippen molar-refractivity contribution in [2.75, 3.05) is 26.7 Å². The summed E-state index contributed by atoms with van der Waals surface area (Å²) in [5.41, 5.74) is 0. The van der Waals surface area contributed by atoms with Crippen LogP contribution in [0.25, 0.3) is 0 Å². The van der Waals surface area contributed by atoms with Crippen LogP contribution in [0.4, 0.5) is 0 Å². The minimum Gasteiger partial charge on any atom is -0.459 e. The number of ether oxygens (including phenoxy) is 1. The van der Waals surface area contributed by atoms with Crippen LogP contribution in [0.5, 0.6) is 0 Å². The van der Waals surface area contributed by atoms with E-state index in [1.807, 2.05) is 0 Å². The van der Waals surface area contributed by atoms with Crippen LogP contribution in [-0.4, -0.2) is 49.6 Å². The molecule has 0 radical (unpaired) electrons. The van der Waals surface area contributed by atoms with Gasteiger partial charge in [-0.25, -0.2) is 0 Å². The highest BCUT2D eigenvalue weighted by molar-refractivity contribution is 5.94. The van der Waals surface area contributed by atoms with E-state index in [1.54, 1.807) is 19.2 Å². The fourth-order valence-electron chi connectivity index (χ4n) is 2.71. The Hall–Kier alpha value is -1.82. The van der Waals surface area contributed by atoms with Gasteiger partial charge in [-0.2, -0.15) is 0 Å². The average molecular weight is 322 g/mol. The Balaban J connectivity index is 1.55. The second kappa shape index (κ2) is 9.35. The molecule has 1 aromatic heterocycles. The first kappa shape index (κ1) is 17.5. The summed E-state index contributed by atoms with van der Waals surface area (Å²) in [4.78, 5) is 25.1. The zero-order valence-electron chi connectivity index (χ0n) is 13.8. The third-order valence-electron chi connectivity index (χ3n) is 4.01. The minimum atomic E-state index is -0.300. The first-order valence-electron chi connectivity index (χ1n) is 8.34. The maximum atomic E-state index is 11.9. The number of carbonyl (C=O) groups is 2. The van der Waals surface area contributed by atoms with E-state index in [9.17, 15) is 9.59 Å². The summed E-state index contributed by atoms with van der Waals surface area (Å²) in [5, 5.41) is 2.81. The monoisotopic (exact) mass is 322 g/mol. The largest absolute Gasteiger partial charge is 0.459 e. The number of amides is 2. The molecule has 2 rings (SSSR count). The number of nitrogens with zero attached hydrogens (tertiary/aromatic N) is 1. The molecule has 6 heteroatoms. The predicted octanol–water partition coefficient (Wildman–Crippen LogP) is 2.21. The Labute approximate surface area is 137 Å². The number of furan rings is 1. The Kier molecular flexibility index (Phi) is 7.13. The molecule has 0 aliphatic heterocycles. The Morgan fingerprint density at radius 2 is 2.13 bits per heavy atom. The normalized spacial score (nSPS) is 15.3. The molecule has 0 bridgehead atoms. The van der Waals surface area contributed by atoms with Gasteiger partial charge in [-0.1, -0.05) is 19.3 Å². The van der Waals surface area contributed by atoms with Gasteiger partial charge < -0.3 is 19.4 Å². The fraction of sp³-hybridized carbons (Fsp3) is 0.647. The number of rotatable bonds is 8. The fourth-order valence-corrected chi connectivity index (χ4v) is 2.71. The van der Waals surface area contributed by atoms with Crippen LogP contribution >= 0.6 is 0 Å². The zero-order chi connectivity index (χ0) is 16.5. The molecule has 0 aromatic carbocycles. The zero-order valence-corrected chi connectivity index (χ0v) is 13.8. The lowest BCUT2D eigenvalue weighted by Gasteiger charge is -2.22. The smallest absolute Gasteiger partial charge is 0.289 e. The van der Waals surface area contributed by atoms with E-state index in [-0.39, 0.29) is 24.1 Å². The molecule has 1 fully saturated rings. The van der Waals surface area contributed by atoms with E-state index in [1.165, 1.54) is 30.4 Å². The van der Waals surface area contributed by atoms with Gasteiger partial charge in [0.1, 0.15) is 0 Å². The van der Waals surface area contributed by atoms with E-state index in [4.69, 9.17) is 9.15 Å². The SMILES string of the molecule is CN(CC(=O)NCCCOC1CCCCC1)C(=O)c1ccco1. The van der Waals surface area contributed by atoms with Crippen molar-refractivity contribution in [2.45, 2.75) is 44.6 Å². The number of hydrogen-bond donors (Lipinski definition) is 1. The summed E-state index contributed by atoms with van der Waals surface area (Å²) < 4.78 is 10.8. The maximum Gasteiger partial charge on any atom is 0.289 e. The number of likely N-dealkylation sites (N-methyl/N-ethyl adjacent to an activating group) is 1. The second-order valence-corrected chi connectivity index (χ2v) is 5.97. The third-order valence-corrected chi connectivity index (χ3v) is 4.01. The van der Waals surface area contributed by atoms with Gasteiger partial charge in [0, 0.05) is 20.2 Å². The molecule has 0 spiro atoms. The van der Waals surface area contributed by atoms with Crippen molar-refractivity contribution >= 4 is 11.8 Å². The van der Waals surface area contributed by atoms with Crippen molar-refractivity contribution in [3.8, 4) is 0 Å². The highest BCUT2D eigenvalue weighted by atomic mass is 16.5. The molecular weight excluding hydrogens is 296 g/mol. The first-order chi connectivity index (χ1) is 11.2. The van der Waals surface area contributed by atoms with Gasteiger partial charge in [0.2, 0.25) is 5.91 Å². The molecule has 1 N–H and O–H groups in total. The van der Waals surface area contributed by atoms with E-state index in [0.29, 0.717) is 19.3 Å². The number of carbonyl (C=O) groups excluding carboxylic acids is 2. The van der Waals surface area contributed by atoms with Gasteiger partial charge in [-0.3, -0.25) is 9.59 Å². The molecule has 2 amide bonds. The highest BCUT2D eigenvalue weighted by Gasteiger charge is 2.17. The van der Waals surface area contributed by atoms with Crippen LogP contribution < -0.4 is 5.32 Å². The van der Waals surface area contributed by atoms with Crippen molar-refractivity contribution < 1.29 is 18.7 Å². The molecule has 6 nitrogen and oxygen atoms in total. The molecule has 1 saturated carbocycles. The summed E-state index contributed by atoms with van der Waals surface area (Å²) in [6, 6.07) is 3.23. The topological polar surface area (TPSA) is 71.8 Å². The molecule has 1 heterocycles. The Morgan fingerprint density at radius 3 is 2.83 bits per heavy atom. The van der Waals surface area contributed by atoms with Crippen LogP contribution in [0.3, 0.4) is 0 Å². The molecule has 0 saturated heterocycles. The molecular formula is C17H26N2O4. The van der Waals surface area contributed by atoms with Crippen LogP contribution in [0, 0.1) is 0 Å². The average Bonchev–Trinajstić information content (AvgIpc) is 3.09. The van der Waals surface area contributed by atoms with Crippen molar-refractivity contribution in [2.24, 2.45) is 0 Å². The molecule has 1 aliphatic carbocycles. The third kappa shape index (κ3) is 6.06. The van der Waals surface area contributed by atoms with Gasteiger partial charge in [-0.15, -0.1) is 0 Å². The predicted molar refractivity (Wildman–Crippen MR) is 86.1 cm³/mol. The highest BCUT2D eigenvalue weighted by Crippen LogP contribution is 2.20. The Morgan fingerprint density at radius 1 is 1.35 bits per heavy atom. The molecule has 23 heavy (non-hydrogen) atoms. The summed E-state index contributed by atoms with van der Waals surface area (Å²) in [7, 11) is 1.58. The van der Waals surface area contributed by atoms with Crippen LogP contribution in [0.1, 0.15) is 49.1 Å². The van der Waals surface area contributed by atoms with Gasteiger partial charge in [0.05, 0.1) is 18.9 Å². The second-order valence-electron chi connectivity index (χ2n) is 5.97. The summed E-state index contributed by atoms with van der Waals surface area (Å²) >= 11 is 0. The lowest BCUT2D eigenvalue weighted by molar-refractivity contribution is -0.121. The number of nitrogens with one attached hydrogen (secondary N) is 1. The van der Waals surface area contributed by atoms with Crippen molar-refractivity contribution in [3.63, 3.8) is 0 Å². The van der Waals surface area contributed by atoms with Crippen molar-refractivity contribution in [1.29, 1.82) is 0 Å². The Bertz CT molecular complexity index is 481. The standard InChI is InChI=1S/C17H26N2O4/c1-19(17(21)15-9-5-11-23-15)13-16(20)18-10-6-12-22-14-7-3-2-4-8-14/h5,9,11,14H,2-4,6-8,10,12-13H2,1H3,(H,18,20). The van der Waals surface area contributed by atoms with Gasteiger partial charge in [0.25, 0.3) is 5.91 Å².